The highest BCUT2D eigenvalue weighted by Gasteiger charge is 2.20. The van der Waals surface area contributed by atoms with Crippen LogP contribution in [0.5, 0.6) is 5.75 Å². The highest BCUT2D eigenvalue weighted by Crippen LogP contribution is 2.23. The molecule has 0 radical (unpaired) electrons. The monoisotopic (exact) mass is 307 g/mol. The number of hydrogen-bond acceptors (Lipinski definition) is 3. The number of ether oxygens (including phenoxy) is 1. The van der Waals surface area contributed by atoms with E-state index in [0.29, 0.717) is 6.10 Å². The number of H-pyrrole nitrogens is 1. The molecule has 1 aromatic heterocycles. The van der Waals surface area contributed by atoms with Crippen LogP contribution in [0.25, 0.3) is 10.9 Å². The van der Waals surface area contributed by atoms with E-state index in [1.54, 1.807) is 0 Å². The van der Waals surface area contributed by atoms with E-state index in [4.69, 9.17) is 4.74 Å². The van der Waals surface area contributed by atoms with Crippen LogP contribution in [0.2, 0.25) is 0 Å². The number of piperidine rings is 1. The van der Waals surface area contributed by atoms with Gasteiger partial charge in [-0.2, -0.15) is 5.10 Å². The fraction of sp³-hybridized carbons (Fsp3) is 0.316. The van der Waals surface area contributed by atoms with Crippen LogP contribution in [-0.2, 0) is 6.54 Å². The molecule has 3 aromatic rings. The van der Waals surface area contributed by atoms with Crippen molar-refractivity contribution in [3.63, 3.8) is 0 Å². The van der Waals surface area contributed by atoms with Gasteiger partial charge in [0.05, 0.1) is 11.7 Å². The number of fused-ring (bicyclic) bond motifs is 1. The van der Waals surface area contributed by atoms with E-state index in [1.807, 2.05) is 18.3 Å². The summed E-state index contributed by atoms with van der Waals surface area (Å²) in [6.07, 6.45) is 4.31. The summed E-state index contributed by atoms with van der Waals surface area (Å²) in [4.78, 5) is 2.51. The fourth-order valence-electron chi connectivity index (χ4n) is 3.21. The molecule has 0 bridgehead atoms. The first-order chi connectivity index (χ1) is 11.4. The number of rotatable bonds is 4. The molecule has 2 heterocycles. The molecule has 1 aliphatic rings. The highest BCUT2D eigenvalue weighted by atomic mass is 16.5. The third kappa shape index (κ3) is 3.37. The molecule has 1 N–H and O–H groups in total. The molecule has 4 heteroatoms. The Morgan fingerprint density at radius 3 is 2.74 bits per heavy atom. The smallest absolute Gasteiger partial charge is 0.120 e. The summed E-state index contributed by atoms with van der Waals surface area (Å²) in [6, 6.07) is 16.8. The maximum atomic E-state index is 6.16. The maximum Gasteiger partial charge on any atom is 0.120 e. The van der Waals surface area contributed by atoms with E-state index in [1.165, 1.54) is 5.56 Å². The Labute approximate surface area is 136 Å². The highest BCUT2D eigenvalue weighted by molar-refractivity contribution is 5.79. The largest absolute Gasteiger partial charge is 0.490 e. The van der Waals surface area contributed by atoms with Crippen LogP contribution in [0, 0.1) is 0 Å². The van der Waals surface area contributed by atoms with Crippen LogP contribution in [0.4, 0.5) is 0 Å². The minimum Gasteiger partial charge on any atom is -0.490 e. The molecule has 118 valence electrons. The molecule has 1 fully saturated rings. The molecule has 0 atom stereocenters. The second-order valence-corrected chi connectivity index (χ2v) is 6.20. The summed E-state index contributed by atoms with van der Waals surface area (Å²) in [5.41, 5.74) is 2.44. The van der Waals surface area contributed by atoms with Crippen molar-refractivity contribution in [2.75, 3.05) is 13.1 Å². The third-order valence-electron chi connectivity index (χ3n) is 4.50. The zero-order valence-electron chi connectivity index (χ0n) is 13.1. The molecule has 0 unspecified atom stereocenters. The van der Waals surface area contributed by atoms with Crippen molar-refractivity contribution in [1.82, 2.24) is 15.1 Å². The second-order valence-electron chi connectivity index (χ2n) is 6.20. The van der Waals surface area contributed by atoms with Gasteiger partial charge in [-0.05, 0) is 36.6 Å². The Morgan fingerprint density at radius 2 is 1.91 bits per heavy atom. The van der Waals surface area contributed by atoms with Gasteiger partial charge < -0.3 is 4.74 Å². The zero-order chi connectivity index (χ0) is 15.5. The number of aromatic amines is 1. The number of nitrogens with zero attached hydrogens (tertiary/aromatic N) is 2. The first-order valence-corrected chi connectivity index (χ1v) is 8.23. The summed E-state index contributed by atoms with van der Waals surface area (Å²) < 4.78 is 6.16. The zero-order valence-corrected chi connectivity index (χ0v) is 13.1. The Hall–Kier alpha value is -2.33. The molecule has 2 aromatic carbocycles. The molecule has 0 aliphatic carbocycles. The lowest BCUT2D eigenvalue weighted by molar-refractivity contribution is 0.0969. The van der Waals surface area contributed by atoms with E-state index in [2.05, 4.69) is 51.5 Å². The van der Waals surface area contributed by atoms with Crippen molar-refractivity contribution in [1.29, 1.82) is 0 Å². The third-order valence-corrected chi connectivity index (χ3v) is 4.50. The lowest BCUT2D eigenvalue weighted by atomic mass is 10.1. The van der Waals surface area contributed by atoms with Crippen molar-refractivity contribution < 1.29 is 4.74 Å². The lowest BCUT2D eigenvalue weighted by Crippen LogP contribution is -2.37. The molecule has 23 heavy (non-hydrogen) atoms. The normalized spacial score (nSPS) is 16.7. The topological polar surface area (TPSA) is 41.1 Å². The molecule has 0 spiro atoms. The van der Waals surface area contributed by atoms with E-state index in [-0.39, 0.29) is 0 Å². The quantitative estimate of drug-likeness (QED) is 0.800. The Balaban J connectivity index is 1.32. The van der Waals surface area contributed by atoms with E-state index in [9.17, 15) is 0 Å². The number of nitrogens with one attached hydrogen (secondary N) is 1. The van der Waals surface area contributed by atoms with Crippen LogP contribution in [0.15, 0.2) is 54.7 Å². The predicted octanol–water partition coefficient (Wildman–Crippen LogP) is 3.61. The molecule has 1 aliphatic heterocycles. The Morgan fingerprint density at radius 1 is 1.09 bits per heavy atom. The van der Waals surface area contributed by atoms with Gasteiger partial charge in [-0.15, -0.1) is 0 Å². The minimum atomic E-state index is 0.311. The van der Waals surface area contributed by atoms with E-state index >= 15 is 0 Å². The van der Waals surface area contributed by atoms with Crippen LogP contribution in [0.3, 0.4) is 0 Å². The van der Waals surface area contributed by atoms with Gasteiger partial charge in [0.25, 0.3) is 0 Å². The van der Waals surface area contributed by atoms with Crippen LogP contribution >= 0.6 is 0 Å². The molecule has 0 amide bonds. The molecular weight excluding hydrogens is 286 g/mol. The minimum absolute atomic E-state index is 0.311. The van der Waals surface area contributed by atoms with E-state index in [0.717, 1.165) is 49.1 Å². The number of likely N-dealkylation sites (tertiary alicyclic amines) is 1. The van der Waals surface area contributed by atoms with Gasteiger partial charge in [0.2, 0.25) is 0 Å². The predicted molar refractivity (Wildman–Crippen MR) is 91.5 cm³/mol. The molecule has 4 nitrogen and oxygen atoms in total. The van der Waals surface area contributed by atoms with Crippen LogP contribution in [0.1, 0.15) is 18.4 Å². The summed E-state index contributed by atoms with van der Waals surface area (Å²) in [7, 11) is 0. The van der Waals surface area contributed by atoms with Crippen molar-refractivity contribution in [2.24, 2.45) is 0 Å². The van der Waals surface area contributed by atoms with Crippen LogP contribution < -0.4 is 4.74 Å². The fourth-order valence-corrected chi connectivity index (χ4v) is 3.21. The Kier molecular flexibility index (Phi) is 3.99. The summed E-state index contributed by atoms with van der Waals surface area (Å²) >= 11 is 0. The maximum absolute atomic E-state index is 6.16. The van der Waals surface area contributed by atoms with Crippen molar-refractivity contribution in [2.45, 2.75) is 25.5 Å². The van der Waals surface area contributed by atoms with Gasteiger partial charge in [0.1, 0.15) is 11.9 Å². The van der Waals surface area contributed by atoms with Crippen LogP contribution in [-0.4, -0.2) is 34.3 Å². The van der Waals surface area contributed by atoms with E-state index < -0.39 is 0 Å². The van der Waals surface area contributed by atoms with Gasteiger partial charge in [-0.3, -0.25) is 10.00 Å². The Bertz CT molecular complexity index is 760. The standard InChI is InChI=1S/C19H21N3O/c1-2-4-15(5-3-1)14-22-10-8-17(9-11-22)23-18-6-7-19-16(12-18)13-20-21-19/h1-7,12-13,17H,8-11,14H2,(H,20,21). The molecular formula is C19H21N3O. The average molecular weight is 307 g/mol. The van der Waals surface area contributed by atoms with Crippen molar-refractivity contribution in [3.05, 3.63) is 60.3 Å². The van der Waals surface area contributed by atoms with Gasteiger partial charge in [-0.25, -0.2) is 0 Å². The second kappa shape index (κ2) is 6.42. The average Bonchev–Trinajstić information content (AvgIpc) is 3.05. The van der Waals surface area contributed by atoms with Gasteiger partial charge >= 0.3 is 0 Å². The molecule has 4 rings (SSSR count). The first kappa shape index (κ1) is 14.3. The van der Waals surface area contributed by atoms with Gasteiger partial charge in [0.15, 0.2) is 0 Å². The summed E-state index contributed by atoms with van der Waals surface area (Å²) in [5.74, 6) is 0.945. The summed E-state index contributed by atoms with van der Waals surface area (Å²) in [6.45, 7) is 3.22. The van der Waals surface area contributed by atoms with Crippen molar-refractivity contribution in [3.8, 4) is 5.75 Å². The van der Waals surface area contributed by atoms with Crippen molar-refractivity contribution >= 4 is 10.9 Å². The molecule has 0 saturated carbocycles. The van der Waals surface area contributed by atoms with Gasteiger partial charge in [0, 0.05) is 25.0 Å². The number of aromatic nitrogens is 2. The number of hydrogen-bond donors (Lipinski definition) is 1. The number of benzene rings is 2. The molecule has 1 saturated heterocycles. The first-order valence-electron chi connectivity index (χ1n) is 8.23. The lowest BCUT2D eigenvalue weighted by Gasteiger charge is -2.32. The van der Waals surface area contributed by atoms with Gasteiger partial charge in [-0.1, -0.05) is 30.3 Å². The summed E-state index contributed by atoms with van der Waals surface area (Å²) in [5, 5.41) is 8.12. The SMILES string of the molecule is c1ccc(CN2CCC(Oc3ccc4[nH]ncc4c3)CC2)cc1.